The zero-order valence-corrected chi connectivity index (χ0v) is 14.2. The Hall–Kier alpha value is -1.19. The molecular formula is C18H24N2S. The van der Waals surface area contributed by atoms with Gasteiger partial charge in [0.2, 0.25) is 0 Å². The molecule has 0 aliphatic heterocycles. The van der Waals surface area contributed by atoms with Gasteiger partial charge in [0.05, 0.1) is 15.6 Å². The minimum Gasteiger partial charge on any atom is -0.306 e. The van der Waals surface area contributed by atoms with Gasteiger partial charge in [-0.3, -0.25) is 0 Å². The summed E-state index contributed by atoms with van der Waals surface area (Å²) >= 11 is 1.88. The number of aromatic nitrogens is 1. The lowest BCUT2D eigenvalue weighted by Gasteiger charge is -2.20. The van der Waals surface area contributed by atoms with Gasteiger partial charge in [-0.15, -0.1) is 11.3 Å². The van der Waals surface area contributed by atoms with E-state index in [1.165, 1.54) is 34.0 Å². The summed E-state index contributed by atoms with van der Waals surface area (Å²) in [6, 6.07) is 10.7. The summed E-state index contributed by atoms with van der Waals surface area (Å²) in [7, 11) is 0. The van der Waals surface area contributed by atoms with Gasteiger partial charge in [-0.05, 0) is 39.2 Å². The molecule has 1 aromatic heterocycles. The van der Waals surface area contributed by atoms with Crippen LogP contribution in [0.4, 0.5) is 0 Å². The van der Waals surface area contributed by atoms with E-state index in [1.54, 1.807) is 0 Å². The zero-order valence-electron chi connectivity index (χ0n) is 13.4. The second-order valence-corrected chi connectivity index (χ2v) is 8.32. The highest BCUT2D eigenvalue weighted by Crippen LogP contribution is 2.50. The van der Waals surface area contributed by atoms with Gasteiger partial charge in [-0.2, -0.15) is 0 Å². The maximum absolute atomic E-state index is 4.98. The van der Waals surface area contributed by atoms with Gasteiger partial charge in [0.15, 0.2) is 0 Å². The third kappa shape index (κ3) is 3.35. The predicted molar refractivity (Wildman–Crippen MR) is 90.7 cm³/mol. The monoisotopic (exact) mass is 300 g/mol. The van der Waals surface area contributed by atoms with Crippen molar-refractivity contribution in [2.24, 2.45) is 0 Å². The van der Waals surface area contributed by atoms with Gasteiger partial charge in [0.25, 0.3) is 0 Å². The molecule has 0 amide bonds. The molecule has 21 heavy (non-hydrogen) atoms. The molecule has 0 saturated heterocycles. The van der Waals surface area contributed by atoms with E-state index < -0.39 is 0 Å². The molecule has 0 unspecified atom stereocenters. The second kappa shape index (κ2) is 5.22. The molecular weight excluding hydrogens is 276 g/mol. The Morgan fingerprint density at radius 2 is 1.86 bits per heavy atom. The van der Waals surface area contributed by atoms with Crippen LogP contribution in [0.15, 0.2) is 30.3 Å². The number of hydrogen-bond donors (Lipinski definition) is 1. The highest BCUT2D eigenvalue weighted by atomic mass is 32.1. The number of rotatable bonds is 4. The Bertz CT molecular complexity index is 618. The van der Waals surface area contributed by atoms with Gasteiger partial charge >= 0.3 is 0 Å². The van der Waals surface area contributed by atoms with Crippen LogP contribution in [-0.4, -0.2) is 10.5 Å². The molecule has 0 radical (unpaired) electrons. The van der Waals surface area contributed by atoms with Crippen LogP contribution >= 0.6 is 11.3 Å². The third-order valence-electron chi connectivity index (χ3n) is 4.04. The van der Waals surface area contributed by atoms with E-state index in [4.69, 9.17) is 4.98 Å². The number of hydrogen-bond acceptors (Lipinski definition) is 3. The zero-order chi connectivity index (χ0) is 15.1. The second-order valence-electron chi connectivity index (χ2n) is 7.33. The van der Waals surface area contributed by atoms with Crippen molar-refractivity contribution in [1.82, 2.24) is 10.3 Å². The van der Waals surface area contributed by atoms with E-state index in [-0.39, 0.29) is 5.54 Å². The fourth-order valence-corrected chi connectivity index (χ4v) is 3.58. The fraction of sp³-hybridized carbons (Fsp3) is 0.500. The first-order valence-electron chi connectivity index (χ1n) is 7.68. The summed E-state index contributed by atoms with van der Waals surface area (Å²) < 4.78 is 0. The van der Waals surface area contributed by atoms with Crippen LogP contribution < -0.4 is 5.32 Å². The Kier molecular flexibility index (Phi) is 3.66. The molecule has 1 aliphatic carbocycles. The van der Waals surface area contributed by atoms with Gasteiger partial charge in [0, 0.05) is 17.5 Å². The van der Waals surface area contributed by atoms with E-state index in [2.05, 4.69) is 63.3 Å². The van der Waals surface area contributed by atoms with E-state index in [9.17, 15) is 0 Å². The van der Waals surface area contributed by atoms with Crippen LogP contribution in [0.25, 0.3) is 10.4 Å². The minimum atomic E-state index is 0.112. The summed E-state index contributed by atoms with van der Waals surface area (Å²) in [6.07, 6.45) is 2.56. The number of nitrogens with one attached hydrogen (secondary N) is 1. The molecule has 2 nitrogen and oxygen atoms in total. The maximum Gasteiger partial charge on any atom is 0.0994 e. The van der Waals surface area contributed by atoms with Crippen LogP contribution in [0, 0.1) is 0 Å². The van der Waals surface area contributed by atoms with Gasteiger partial charge < -0.3 is 5.32 Å². The van der Waals surface area contributed by atoms with Crippen molar-refractivity contribution in [3.8, 4) is 10.4 Å². The van der Waals surface area contributed by atoms with Crippen molar-refractivity contribution < 1.29 is 0 Å². The van der Waals surface area contributed by atoms with Crippen molar-refractivity contribution in [3.05, 3.63) is 41.0 Å². The lowest BCUT2D eigenvalue weighted by molar-refractivity contribution is 0.421. The van der Waals surface area contributed by atoms with Crippen molar-refractivity contribution >= 4 is 11.3 Å². The van der Waals surface area contributed by atoms with Crippen LogP contribution in [0.1, 0.15) is 51.2 Å². The summed E-state index contributed by atoms with van der Waals surface area (Å²) in [4.78, 5) is 6.31. The van der Waals surface area contributed by atoms with Crippen LogP contribution in [0.5, 0.6) is 0 Å². The number of thiazole rings is 1. The summed E-state index contributed by atoms with van der Waals surface area (Å²) in [5.74, 6) is 0. The topological polar surface area (TPSA) is 24.9 Å². The lowest BCUT2D eigenvalue weighted by Crippen LogP contribution is -2.35. The molecule has 0 bridgehead atoms. The Balaban J connectivity index is 1.94. The summed E-state index contributed by atoms with van der Waals surface area (Å²) in [5, 5.41) is 4.89. The third-order valence-corrected chi connectivity index (χ3v) is 5.49. The highest BCUT2D eigenvalue weighted by Gasteiger charge is 2.42. The molecule has 3 rings (SSSR count). The molecule has 2 aromatic rings. The molecule has 0 atom stereocenters. The lowest BCUT2D eigenvalue weighted by atomic mass is 10.1. The normalized spacial score (nSPS) is 17.0. The van der Waals surface area contributed by atoms with Crippen molar-refractivity contribution in [2.45, 2.75) is 58.0 Å². The minimum absolute atomic E-state index is 0.112. The quantitative estimate of drug-likeness (QED) is 0.881. The Morgan fingerprint density at radius 3 is 2.43 bits per heavy atom. The summed E-state index contributed by atoms with van der Waals surface area (Å²) in [6.45, 7) is 9.77. The molecule has 0 spiro atoms. The van der Waals surface area contributed by atoms with Gasteiger partial charge in [0.1, 0.15) is 0 Å². The molecule has 112 valence electrons. The van der Waals surface area contributed by atoms with Gasteiger partial charge in [-0.25, -0.2) is 4.98 Å². The van der Waals surface area contributed by atoms with E-state index in [1.807, 2.05) is 11.3 Å². The van der Waals surface area contributed by atoms with E-state index in [0.29, 0.717) is 5.41 Å². The van der Waals surface area contributed by atoms with Crippen LogP contribution in [0.3, 0.4) is 0 Å². The molecule has 1 aromatic carbocycles. The van der Waals surface area contributed by atoms with Crippen molar-refractivity contribution in [2.75, 3.05) is 0 Å². The standard InChI is InChI=1S/C18H24N2S/c1-17(2,3)19-12-14-15(13-8-6-5-7-9-13)21-16(20-14)18(4)10-11-18/h5-9,19H,10-12H2,1-4H3. The first kappa shape index (κ1) is 14.7. The highest BCUT2D eigenvalue weighted by molar-refractivity contribution is 7.15. The van der Waals surface area contributed by atoms with Crippen molar-refractivity contribution in [3.63, 3.8) is 0 Å². The van der Waals surface area contributed by atoms with Crippen LogP contribution in [-0.2, 0) is 12.0 Å². The summed E-state index contributed by atoms with van der Waals surface area (Å²) in [5.41, 5.74) is 2.94. The van der Waals surface area contributed by atoms with E-state index >= 15 is 0 Å². The maximum atomic E-state index is 4.98. The molecule has 1 aliphatic rings. The Labute approximate surface area is 131 Å². The van der Waals surface area contributed by atoms with Crippen molar-refractivity contribution in [1.29, 1.82) is 0 Å². The molecule has 1 fully saturated rings. The average Bonchev–Trinajstić information content (AvgIpc) is 3.04. The van der Waals surface area contributed by atoms with Crippen LogP contribution in [0.2, 0.25) is 0 Å². The SMILES string of the molecule is CC(C)(C)NCc1nc(C2(C)CC2)sc1-c1ccccc1. The Morgan fingerprint density at radius 1 is 1.19 bits per heavy atom. The first-order chi connectivity index (χ1) is 9.87. The first-order valence-corrected chi connectivity index (χ1v) is 8.50. The number of benzene rings is 1. The smallest absolute Gasteiger partial charge is 0.0994 e. The molecule has 3 heteroatoms. The van der Waals surface area contributed by atoms with E-state index in [0.717, 1.165) is 6.54 Å². The molecule has 1 N–H and O–H groups in total. The average molecular weight is 300 g/mol. The largest absolute Gasteiger partial charge is 0.306 e. The molecule has 1 saturated carbocycles. The van der Waals surface area contributed by atoms with Gasteiger partial charge in [-0.1, -0.05) is 37.3 Å². The molecule has 1 heterocycles. The fourth-order valence-electron chi connectivity index (χ4n) is 2.30. The number of nitrogens with zero attached hydrogens (tertiary/aromatic N) is 1. The predicted octanol–water partition coefficient (Wildman–Crippen LogP) is 4.75.